The predicted octanol–water partition coefficient (Wildman–Crippen LogP) is 4.58. The van der Waals surface area contributed by atoms with Crippen LogP contribution in [0.3, 0.4) is 0 Å². The summed E-state index contributed by atoms with van der Waals surface area (Å²) in [5, 5.41) is 9.53. The second-order valence-electron chi connectivity index (χ2n) is 7.56. The second-order valence-corrected chi connectivity index (χ2v) is 7.56. The van der Waals surface area contributed by atoms with Crippen molar-refractivity contribution in [1.29, 1.82) is 0 Å². The number of carbonyl (C=O) groups excluding carboxylic acids is 1. The van der Waals surface area contributed by atoms with Gasteiger partial charge >= 0.3 is 12.1 Å². The molecule has 2 aromatic carbocycles. The van der Waals surface area contributed by atoms with E-state index < -0.39 is 11.7 Å². The van der Waals surface area contributed by atoms with Crippen molar-refractivity contribution in [2.45, 2.75) is 31.5 Å². The van der Waals surface area contributed by atoms with Crippen molar-refractivity contribution in [3.63, 3.8) is 0 Å². The first-order chi connectivity index (χ1) is 13.7. The van der Waals surface area contributed by atoms with Crippen LogP contribution >= 0.6 is 0 Å². The number of alkyl halides is 3. The summed E-state index contributed by atoms with van der Waals surface area (Å²) in [4.78, 5) is 13.9. The fourth-order valence-corrected chi connectivity index (χ4v) is 3.94. The van der Waals surface area contributed by atoms with E-state index in [1.807, 2.05) is 12.1 Å². The van der Waals surface area contributed by atoms with Crippen LogP contribution in [0.15, 0.2) is 48.5 Å². The number of halogens is 3. The molecule has 2 atom stereocenters. The number of rotatable bonds is 5. The van der Waals surface area contributed by atoms with Crippen LogP contribution in [0.25, 0.3) is 0 Å². The number of hydrogen-bond donors (Lipinski definition) is 1. The molecule has 7 heteroatoms. The van der Waals surface area contributed by atoms with Crippen LogP contribution in [0.5, 0.6) is 5.75 Å². The maximum Gasteiger partial charge on any atom is 0.416 e. The Hall–Kier alpha value is -2.54. The van der Waals surface area contributed by atoms with Crippen LogP contribution in [0, 0.1) is 5.92 Å². The monoisotopic (exact) mass is 407 g/mol. The summed E-state index contributed by atoms with van der Waals surface area (Å²) < 4.78 is 43.2. The van der Waals surface area contributed by atoms with E-state index in [1.165, 1.54) is 19.2 Å². The molecule has 1 aliphatic heterocycles. The number of phenols is 1. The average Bonchev–Trinajstić information content (AvgIpc) is 2.68. The predicted molar refractivity (Wildman–Crippen MR) is 102 cm³/mol. The Balaban J connectivity index is 1.75. The molecule has 0 unspecified atom stereocenters. The van der Waals surface area contributed by atoms with E-state index in [0.717, 1.165) is 36.2 Å². The van der Waals surface area contributed by atoms with E-state index >= 15 is 0 Å². The molecule has 0 aromatic heterocycles. The smallest absolute Gasteiger partial charge is 0.416 e. The van der Waals surface area contributed by atoms with Gasteiger partial charge < -0.3 is 9.84 Å². The molecule has 0 amide bonds. The van der Waals surface area contributed by atoms with Gasteiger partial charge in [0.2, 0.25) is 0 Å². The number of hydrogen-bond acceptors (Lipinski definition) is 4. The van der Waals surface area contributed by atoms with Crippen LogP contribution in [-0.2, 0) is 22.3 Å². The van der Waals surface area contributed by atoms with Crippen LogP contribution in [0.1, 0.15) is 35.4 Å². The minimum absolute atomic E-state index is 0.0875. The second kappa shape index (κ2) is 8.86. The Morgan fingerprint density at radius 3 is 2.34 bits per heavy atom. The zero-order valence-electron chi connectivity index (χ0n) is 16.2. The molecule has 0 saturated carbocycles. The van der Waals surface area contributed by atoms with Crippen LogP contribution in [0.4, 0.5) is 13.2 Å². The first-order valence-corrected chi connectivity index (χ1v) is 9.49. The van der Waals surface area contributed by atoms with Crippen molar-refractivity contribution in [3.05, 3.63) is 65.2 Å². The summed E-state index contributed by atoms with van der Waals surface area (Å²) in [7, 11) is 1.36. The van der Waals surface area contributed by atoms with E-state index in [2.05, 4.69) is 4.90 Å². The molecule has 1 fully saturated rings. The maximum absolute atomic E-state index is 12.8. The molecule has 0 bridgehead atoms. The zero-order valence-corrected chi connectivity index (χ0v) is 16.2. The highest BCUT2D eigenvalue weighted by Crippen LogP contribution is 2.34. The van der Waals surface area contributed by atoms with Gasteiger partial charge in [-0.05, 0) is 53.6 Å². The number of esters is 1. The molecule has 0 radical (unpaired) electrons. The molecule has 3 rings (SSSR count). The summed E-state index contributed by atoms with van der Waals surface area (Å²) in [5.41, 5.74) is 1.20. The number of likely N-dealkylation sites (tertiary alicyclic amines) is 1. The summed E-state index contributed by atoms with van der Waals surface area (Å²) in [6.45, 7) is 1.90. The van der Waals surface area contributed by atoms with Crippen molar-refractivity contribution >= 4 is 5.97 Å². The molecule has 29 heavy (non-hydrogen) atoms. The molecule has 2 aromatic rings. The third-order valence-corrected chi connectivity index (χ3v) is 5.35. The van der Waals surface area contributed by atoms with Gasteiger partial charge in [-0.25, -0.2) is 0 Å². The lowest BCUT2D eigenvalue weighted by Crippen LogP contribution is -2.40. The average molecular weight is 407 g/mol. The molecule has 1 N–H and O–H groups in total. The fourth-order valence-electron chi connectivity index (χ4n) is 3.94. The van der Waals surface area contributed by atoms with Crippen LogP contribution < -0.4 is 0 Å². The minimum atomic E-state index is -4.35. The van der Waals surface area contributed by atoms with E-state index in [0.29, 0.717) is 19.5 Å². The number of phenolic OH excluding ortho intramolecular Hbond substituents is 1. The summed E-state index contributed by atoms with van der Waals surface area (Å²) in [6, 6.07) is 12.2. The standard InChI is InChI=1S/C22H24F3NO3/c1-29-21(28)11-16-10-18(17-4-8-20(27)9-5-17)14-26(13-16)12-15-2-6-19(7-3-15)22(23,24)25/h2-9,16,18,27H,10-14H2,1H3/t16-,18+/m1/s1. The van der Waals surface area contributed by atoms with E-state index in [9.17, 15) is 23.1 Å². The minimum Gasteiger partial charge on any atom is -0.508 e. The lowest BCUT2D eigenvalue weighted by Gasteiger charge is -2.38. The number of aromatic hydroxyl groups is 1. The Kier molecular flexibility index (Phi) is 6.47. The lowest BCUT2D eigenvalue weighted by molar-refractivity contribution is -0.142. The fraction of sp³-hybridized carbons (Fsp3) is 0.409. The van der Waals surface area contributed by atoms with Gasteiger partial charge in [0, 0.05) is 26.1 Å². The number of piperidine rings is 1. The number of carbonyl (C=O) groups is 1. The summed E-state index contributed by atoms with van der Waals surface area (Å²) in [6.07, 6.45) is -3.24. The Morgan fingerprint density at radius 2 is 1.76 bits per heavy atom. The van der Waals surface area contributed by atoms with Crippen molar-refractivity contribution < 1.29 is 27.8 Å². The first-order valence-electron chi connectivity index (χ1n) is 9.49. The third kappa shape index (κ3) is 5.73. The summed E-state index contributed by atoms with van der Waals surface area (Å²) in [5.74, 6) is 0.172. The van der Waals surface area contributed by atoms with E-state index in [-0.39, 0.29) is 23.6 Å². The van der Waals surface area contributed by atoms with Crippen molar-refractivity contribution in [3.8, 4) is 5.75 Å². The van der Waals surface area contributed by atoms with Gasteiger partial charge in [-0.2, -0.15) is 13.2 Å². The van der Waals surface area contributed by atoms with Gasteiger partial charge in [0.05, 0.1) is 12.7 Å². The number of ether oxygens (including phenoxy) is 1. The highest BCUT2D eigenvalue weighted by Gasteiger charge is 2.31. The van der Waals surface area contributed by atoms with Crippen molar-refractivity contribution in [2.24, 2.45) is 5.92 Å². The van der Waals surface area contributed by atoms with Crippen LogP contribution in [0.2, 0.25) is 0 Å². The van der Waals surface area contributed by atoms with Crippen LogP contribution in [-0.4, -0.2) is 36.2 Å². The van der Waals surface area contributed by atoms with Gasteiger partial charge in [-0.15, -0.1) is 0 Å². The number of nitrogens with zero attached hydrogens (tertiary/aromatic N) is 1. The van der Waals surface area contributed by atoms with E-state index in [1.54, 1.807) is 12.1 Å². The molecule has 0 spiro atoms. The molecule has 1 saturated heterocycles. The Bertz CT molecular complexity index is 819. The van der Waals surface area contributed by atoms with Crippen molar-refractivity contribution in [2.75, 3.05) is 20.2 Å². The van der Waals surface area contributed by atoms with Gasteiger partial charge in [0.15, 0.2) is 0 Å². The first kappa shape index (κ1) is 21.2. The number of methoxy groups -OCH3 is 1. The molecular weight excluding hydrogens is 383 g/mol. The van der Waals surface area contributed by atoms with Gasteiger partial charge in [0.1, 0.15) is 5.75 Å². The largest absolute Gasteiger partial charge is 0.508 e. The normalized spacial score (nSPS) is 20.4. The van der Waals surface area contributed by atoms with Gasteiger partial charge in [-0.1, -0.05) is 24.3 Å². The molecule has 1 aliphatic rings. The van der Waals surface area contributed by atoms with E-state index in [4.69, 9.17) is 4.74 Å². The highest BCUT2D eigenvalue weighted by atomic mass is 19.4. The molecule has 156 valence electrons. The van der Waals surface area contributed by atoms with Gasteiger partial charge in [0.25, 0.3) is 0 Å². The SMILES string of the molecule is COC(=O)C[C@H]1C[C@H](c2ccc(O)cc2)CN(Cc2ccc(C(F)(F)F)cc2)C1. The van der Waals surface area contributed by atoms with Crippen molar-refractivity contribution in [1.82, 2.24) is 4.90 Å². The molecule has 0 aliphatic carbocycles. The lowest BCUT2D eigenvalue weighted by atomic mass is 9.83. The Morgan fingerprint density at radius 1 is 1.10 bits per heavy atom. The highest BCUT2D eigenvalue weighted by molar-refractivity contribution is 5.69. The third-order valence-electron chi connectivity index (χ3n) is 5.35. The molecule has 4 nitrogen and oxygen atoms in total. The maximum atomic E-state index is 12.8. The topological polar surface area (TPSA) is 49.8 Å². The molecule has 1 heterocycles. The Labute approximate surface area is 167 Å². The number of benzene rings is 2. The van der Waals surface area contributed by atoms with Gasteiger partial charge in [-0.3, -0.25) is 9.69 Å². The zero-order chi connectivity index (χ0) is 21.0. The molecular formula is C22H24F3NO3. The quantitative estimate of drug-likeness (QED) is 0.738. The summed E-state index contributed by atoms with van der Waals surface area (Å²) >= 11 is 0.